The highest BCUT2D eigenvalue weighted by Gasteiger charge is 2.22. The minimum atomic E-state index is -0.500. The first-order valence-electron chi connectivity index (χ1n) is 9.12. The lowest BCUT2D eigenvalue weighted by Gasteiger charge is -2.12. The second-order valence-electron chi connectivity index (χ2n) is 6.29. The van der Waals surface area contributed by atoms with E-state index in [0.29, 0.717) is 23.7 Å². The van der Waals surface area contributed by atoms with Crippen LogP contribution in [0.25, 0.3) is 17.1 Å². The number of benzene rings is 1. The molecule has 0 fully saturated rings. The summed E-state index contributed by atoms with van der Waals surface area (Å²) in [5, 5.41) is 14.7. The maximum Gasteiger partial charge on any atom is 0.345 e. The van der Waals surface area contributed by atoms with Gasteiger partial charge >= 0.3 is 5.97 Å². The summed E-state index contributed by atoms with van der Waals surface area (Å²) in [4.78, 5) is 16.8. The smallest absolute Gasteiger partial charge is 0.345 e. The largest absolute Gasteiger partial charge is 0.507 e. The monoisotopic (exact) mass is 381 g/mol. The van der Waals surface area contributed by atoms with Crippen molar-refractivity contribution in [3.05, 3.63) is 53.2 Å². The molecule has 0 aliphatic heterocycles. The highest BCUT2D eigenvalue weighted by Crippen LogP contribution is 2.33. The van der Waals surface area contributed by atoms with E-state index in [0.717, 1.165) is 11.1 Å². The Morgan fingerprint density at radius 1 is 1.18 bits per heavy atom. The molecule has 28 heavy (non-hydrogen) atoms. The molecule has 1 N–H and O–H groups in total. The van der Waals surface area contributed by atoms with Gasteiger partial charge in [-0.2, -0.15) is 9.78 Å². The molecule has 0 unspecified atom stereocenters. The number of esters is 1. The molecule has 3 aromatic rings. The quantitative estimate of drug-likeness (QED) is 0.653. The molecule has 0 bridgehead atoms. The van der Waals surface area contributed by atoms with E-state index in [9.17, 15) is 9.90 Å². The molecule has 7 nitrogen and oxygen atoms in total. The van der Waals surface area contributed by atoms with E-state index >= 15 is 0 Å². The summed E-state index contributed by atoms with van der Waals surface area (Å²) in [6, 6.07) is 9.18. The molecule has 0 atom stereocenters. The molecule has 146 valence electrons. The molecule has 2 aromatic heterocycles. The van der Waals surface area contributed by atoms with E-state index < -0.39 is 5.97 Å². The van der Waals surface area contributed by atoms with Crippen LogP contribution in [0.1, 0.15) is 35.3 Å². The second kappa shape index (κ2) is 8.12. The minimum Gasteiger partial charge on any atom is -0.507 e. The van der Waals surface area contributed by atoms with Crippen LogP contribution in [0, 0.1) is 13.8 Å². The maximum atomic E-state index is 12.2. The van der Waals surface area contributed by atoms with Crippen molar-refractivity contribution >= 4 is 5.97 Å². The van der Waals surface area contributed by atoms with Crippen LogP contribution in [0.3, 0.4) is 0 Å². The molecular formula is C21H23N3O4. The van der Waals surface area contributed by atoms with Crippen LogP contribution >= 0.6 is 0 Å². The van der Waals surface area contributed by atoms with Crippen molar-refractivity contribution in [3.8, 4) is 28.7 Å². The SMILES string of the molecule is CCOC(=O)c1cnn(-c2cccc(-c3cc(C)cc(C)c3O)n2)c1OCC. The van der Waals surface area contributed by atoms with Gasteiger partial charge in [0.05, 0.1) is 25.1 Å². The predicted octanol–water partition coefficient (Wildman–Crippen LogP) is 3.83. The molecule has 3 rings (SSSR count). The molecule has 0 radical (unpaired) electrons. The van der Waals surface area contributed by atoms with Crippen LogP contribution in [0.5, 0.6) is 11.6 Å². The van der Waals surface area contributed by atoms with E-state index in [-0.39, 0.29) is 23.8 Å². The summed E-state index contributed by atoms with van der Waals surface area (Å²) in [6.45, 7) is 7.99. The molecule has 0 saturated carbocycles. The number of phenolic OH excluding ortho intramolecular Hbond substituents is 1. The Kier molecular flexibility index (Phi) is 5.63. The normalized spacial score (nSPS) is 10.7. The number of aryl methyl sites for hydroxylation is 2. The number of ether oxygens (including phenoxy) is 2. The maximum absolute atomic E-state index is 12.2. The van der Waals surface area contributed by atoms with E-state index in [1.807, 2.05) is 45.0 Å². The van der Waals surface area contributed by atoms with Gasteiger partial charge in [0.2, 0.25) is 5.88 Å². The fourth-order valence-electron chi connectivity index (χ4n) is 2.97. The Labute approximate surface area is 163 Å². The van der Waals surface area contributed by atoms with Crippen molar-refractivity contribution in [2.24, 2.45) is 0 Å². The van der Waals surface area contributed by atoms with E-state index in [1.165, 1.54) is 10.9 Å². The molecule has 0 spiro atoms. The molecule has 2 heterocycles. The summed E-state index contributed by atoms with van der Waals surface area (Å²) in [5.74, 6) is 0.429. The highest BCUT2D eigenvalue weighted by molar-refractivity contribution is 5.92. The zero-order chi connectivity index (χ0) is 20.3. The first-order chi connectivity index (χ1) is 13.5. The molecule has 0 saturated heterocycles. The zero-order valence-electron chi connectivity index (χ0n) is 16.4. The first-order valence-corrected chi connectivity index (χ1v) is 9.12. The number of carbonyl (C=O) groups excluding carboxylic acids is 1. The third-order valence-electron chi connectivity index (χ3n) is 4.17. The molecule has 0 aliphatic rings. The number of phenols is 1. The van der Waals surface area contributed by atoms with Crippen LogP contribution in [0.15, 0.2) is 36.5 Å². The van der Waals surface area contributed by atoms with Gasteiger partial charge in [-0.25, -0.2) is 9.78 Å². The minimum absolute atomic E-state index is 0.188. The summed E-state index contributed by atoms with van der Waals surface area (Å²) < 4.78 is 12.2. The summed E-state index contributed by atoms with van der Waals surface area (Å²) >= 11 is 0. The van der Waals surface area contributed by atoms with Crippen LogP contribution in [-0.2, 0) is 4.74 Å². The molecular weight excluding hydrogens is 358 g/mol. The standard InChI is InChI=1S/C21H23N3O4/c1-5-27-20-16(21(26)28-6-2)12-22-24(20)18-9-7-8-17(23-18)15-11-13(3)10-14(4)19(15)25/h7-12,25H,5-6H2,1-4H3. The van der Waals surface area contributed by atoms with Crippen molar-refractivity contribution < 1.29 is 19.4 Å². The highest BCUT2D eigenvalue weighted by atomic mass is 16.5. The third-order valence-corrected chi connectivity index (χ3v) is 4.17. The van der Waals surface area contributed by atoms with E-state index in [2.05, 4.69) is 10.1 Å². The van der Waals surface area contributed by atoms with Crippen molar-refractivity contribution in [3.63, 3.8) is 0 Å². The first kappa shape index (κ1) is 19.4. The van der Waals surface area contributed by atoms with Gasteiger partial charge in [0.25, 0.3) is 0 Å². The van der Waals surface area contributed by atoms with Gasteiger partial charge in [0, 0.05) is 5.56 Å². The van der Waals surface area contributed by atoms with Gasteiger partial charge in [0.1, 0.15) is 11.3 Å². The number of aromatic nitrogens is 3. The van der Waals surface area contributed by atoms with Gasteiger partial charge in [0.15, 0.2) is 5.82 Å². The van der Waals surface area contributed by atoms with Gasteiger partial charge in [-0.3, -0.25) is 0 Å². The van der Waals surface area contributed by atoms with Crippen LogP contribution < -0.4 is 4.74 Å². The van der Waals surface area contributed by atoms with Gasteiger partial charge in [-0.1, -0.05) is 12.1 Å². The molecule has 0 amide bonds. The average molecular weight is 381 g/mol. The van der Waals surface area contributed by atoms with Crippen LogP contribution in [0.2, 0.25) is 0 Å². The van der Waals surface area contributed by atoms with Gasteiger partial charge in [-0.15, -0.1) is 0 Å². The topological polar surface area (TPSA) is 86.5 Å². The number of aromatic hydroxyl groups is 1. The number of nitrogens with zero attached hydrogens (tertiary/aromatic N) is 3. The Balaban J connectivity index is 2.09. The van der Waals surface area contributed by atoms with E-state index in [4.69, 9.17) is 9.47 Å². The Morgan fingerprint density at radius 3 is 2.68 bits per heavy atom. The molecule has 7 heteroatoms. The molecule has 1 aromatic carbocycles. The number of hydrogen-bond acceptors (Lipinski definition) is 6. The summed E-state index contributed by atoms with van der Waals surface area (Å²) in [5.41, 5.74) is 3.27. The lowest BCUT2D eigenvalue weighted by molar-refractivity contribution is 0.0521. The Hall–Kier alpha value is -3.35. The van der Waals surface area contributed by atoms with Crippen LogP contribution in [0.4, 0.5) is 0 Å². The van der Waals surface area contributed by atoms with E-state index in [1.54, 1.807) is 13.0 Å². The fourth-order valence-corrected chi connectivity index (χ4v) is 2.97. The van der Waals surface area contributed by atoms with Crippen molar-refractivity contribution in [1.82, 2.24) is 14.8 Å². The lowest BCUT2D eigenvalue weighted by Crippen LogP contribution is -2.09. The number of carbonyl (C=O) groups is 1. The second-order valence-corrected chi connectivity index (χ2v) is 6.29. The predicted molar refractivity (Wildman–Crippen MR) is 105 cm³/mol. The number of hydrogen-bond donors (Lipinski definition) is 1. The van der Waals surface area contributed by atoms with Crippen molar-refractivity contribution in [2.45, 2.75) is 27.7 Å². The van der Waals surface area contributed by atoms with Gasteiger partial charge in [-0.05, 0) is 57.0 Å². The lowest BCUT2D eigenvalue weighted by atomic mass is 10.0. The van der Waals surface area contributed by atoms with Gasteiger partial charge < -0.3 is 14.6 Å². The molecule has 0 aliphatic carbocycles. The average Bonchev–Trinajstić information content (AvgIpc) is 3.09. The van der Waals surface area contributed by atoms with Crippen LogP contribution in [-0.4, -0.2) is 39.1 Å². The number of rotatable bonds is 6. The number of pyridine rings is 1. The zero-order valence-corrected chi connectivity index (χ0v) is 16.4. The summed E-state index contributed by atoms with van der Waals surface area (Å²) in [6.07, 6.45) is 1.41. The summed E-state index contributed by atoms with van der Waals surface area (Å²) in [7, 11) is 0. The Morgan fingerprint density at radius 2 is 1.96 bits per heavy atom. The van der Waals surface area contributed by atoms with Crippen molar-refractivity contribution in [1.29, 1.82) is 0 Å². The van der Waals surface area contributed by atoms with Crippen molar-refractivity contribution in [2.75, 3.05) is 13.2 Å². The fraction of sp³-hybridized carbons (Fsp3) is 0.286. The Bertz CT molecular complexity index is 1010. The third kappa shape index (κ3) is 3.69.